The van der Waals surface area contributed by atoms with Crippen molar-refractivity contribution < 1.29 is 0 Å². The Balaban J connectivity index is 0.000000303. The molecule has 1 atom stereocenters. The van der Waals surface area contributed by atoms with E-state index in [9.17, 15) is 0 Å². The molecule has 1 fully saturated rings. The van der Waals surface area contributed by atoms with Crippen LogP contribution in [0.5, 0.6) is 0 Å². The summed E-state index contributed by atoms with van der Waals surface area (Å²) in [6, 6.07) is 14.9. The first kappa shape index (κ1) is 26.0. The smallest absolute Gasteiger partial charge is 0.0367 e. The third-order valence-electron chi connectivity index (χ3n) is 7.13. The van der Waals surface area contributed by atoms with Gasteiger partial charge in [-0.1, -0.05) is 89.4 Å². The molecule has 0 saturated heterocycles. The number of anilines is 2. The zero-order valence-corrected chi connectivity index (χ0v) is 20.9. The molecule has 3 rings (SSSR count). The van der Waals surface area contributed by atoms with Gasteiger partial charge in [0.1, 0.15) is 0 Å². The van der Waals surface area contributed by atoms with Gasteiger partial charge in [0.2, 0.25) is 0 Å². The summed E-state index contributed by atoms with van der Waals surface area (Å²) >= 11 is 0. The number of nitrogens with two attached hydrogens (primary N) is 2. The van der Waals surface area contributed by atoms with Gasteiger partial charge in [0.25, 0.3) is 0 Å². The number of hydrogen-bond donors (Lipinski definition) is 2. The lowest BCUT2D eigenvalue weighted by atomic mass is 9.72. The topological polar surface area (TPSA) is 52.0 Å². The van der Waals surface area contributed by atoms with Gasteiger partial charge in [-0.3, -0.25) is 0 Å². The van der Waals surface area contributed by atoms with Crippen LogP contribution in [0.3, 0.4) is 0 Å². The van der Waals surface area contributed by atoms with Crippen molar-refractivity contribution in [3.63, 3.8) is 0 Å². The van der Waals surface area contributed by atoms with Crippen LogP contribution < -0.4 is 11.5 Å². The van der Waals surface area contributed by atoms with Crippen LogP contribution in [-0.2, 0) is 6.42 Å². The second-order valence-corrected chi connectivity index (χ2v) is 9.36. The van der Waals surface area contributed by atoms with Crippen molar-refractivity contribution in [3.05, 3.63) is 65.2 Å². The summed E-state index contributed by atoms with van der Waals surface area (Å²) in [6.45, 7) is 8.98. The number of rotatable bonds is 8. The maximum absolute atomic E-state index is 5.65. The molecule has 2 aromatic rings. The van der Waals surface area contributed by atoms with Crippen LogP contribution in [0.4, 0.5) is 11.4 Å². The number of allylic oxidation sites excluding steroid dienone is 1. The van der Waals surface area contributed by atoms with Crippen molar-refractivity contribution in [1.82, 2.24) is 0 Å². The molecule has 0 bridgehead atoms. The standard InChI is InChI=1S/C22H34.C8H12N2/c1-4-7-9-18-10-12-21(13-11-18)22-16-14-20(15-17-22)19(6-3)8-5-2;1-2-6-3-4-7(9)5-8(6)10/h7,9-13,19-20,22H,4-6,8,14-17H2,1-3H3;3-5H,2,9-10H2,1H3/b9-7+;. The van der Waals surface area contributed by atoms with E-state index < -0.39 is 0 Å². The van der Waals surface area contributed by atoms with E-state index in [1.165, 1.54) is 50.5 Å². The van der Waals surface area contributed by atoms with E-state index >= 15 is 0 Å². The Kier molecular flexibility index (Phi) is 11.4. The predicted octanol–water partition coefficient (Wildman–Crippen LogP) is 8.62. The Morgan fingerprint density at radius 1 is 0.906 bits per heavy atom. The van der Waals surface area contributed by atoms with Crippen molar-refractivity contribution >= 4 is 17.5 Å². The average Bonchev–Trinajstić information content (AvgIpc) is 2.82. The first-order valence-corrected chi connectivity index (χ1v) is 12.9. The Hall–Kier alpha value is -2.22. The van der Waals surface area contributed by atoms with Crippen molar-refractivity contribution in [1.29, 1.82) is 0 Å². The third-order valence-corrected chi connectivity index (χ3v) is 7.13. The summed E-state index contributed by atoms with van der Waals surface area (Å²) < 4.78 is 0. The molecule has 0 radical (unpaired) electrons. The highest BCUT2D eigenvalue weighted by Crippen LogP contribution is 2.40. The molecular weight excluding hydrogens is 388 g/mol. The number of nitrogen functional groups attached to an aromatic ring is 2. The van der Waals surface area contributed by atoms with Gasteiger partial charge in [0.05, 0.1) is 0 Å². The van der Waals surface area contributed by atoms with Crippen LogP contribution in [0.25, 0.3) is 6.08 Å². The molecule has 1 aliphatic rings. The number of hydrogen-bond acceptors (Lipinski definition) is 2. The van der Waals surface area contributed by atoms with Crippen LogP contribution in [0.2, 0.25) is 0 Å². The van der Waals surface area contributed by atoms with Gasteiger partial charge in [-0.25, -0.2) is 0 Å². The average molecular weight is 435 g/mol. The molecule has 2 heteroatoms. The fourth-order valence-electron chi connectivity index (χ4n) is 5.14. The lowest BCUT2D eigenvalue weighted by molar-refractivity contribution is 0.215. The number of aryl methyl sites for hydroxylation is 1. The van der Waals surface area contributed by atoms with Crippen molar-refractivity contribution in [3.8, 4) is 0 Å². The summed E-state index contributed by atoms with van der Waals surface area (Å²) in [4.78, 5) is 0. The quantitative estimate of drug-likeness (QED) is 0.408. The highest BCUT2D eigenvalue weighted by atomic mass is 14.6. The molecule has 176 valence electrons. The molecular formula is C30H46N2. The second kappa shape index (κ2) is 14.0. The molecule has 32 heavy (non-hydrogen) atoms. The normalized spacial score (nSPS) is 19.4. The zero-order valence-electron chi connectivity index (χ0n) is 20.9. The van der Waals surface area contributed by atoms with Gasteiger partial charge in [0, 0.05) is 11.4 Å². The van der Waals surface area contributed by atoms with E-state index in [4.69, 9.17) is 11.5 Å². The van der Waals surface area contributed by atoms with Crippen molar-refractivity contribution in [2.75, 3.05) is 11.5 Å². The van der Waals surface area contributed by atoms with Gasteiger partial charge < -0.3 is 11.5 Å². The summed E-state index contributed by atoms with van der Waals surface area (Å²) in [5, 5.41) is 0. The molecule has 2 nitrogen and oxygen atoms in total. The third kappa shape index (κ3) is 8.04. The Morgan fingerprint density at radius 3 is 2.12 bits per heavy atom. The molecule has 1 unspecified atom stereocenters. The van der Waals surface area contributed by atoms with Crippen LogP contribution in [0.1, 0.15) is 102 Å². The zero-order chi connectivity index (χ0) is 23.3. The fraction of sp³-hybridized carbons (Fsp3) is 0.533. The molecule has 2 aromatic carbocycles. The molecule has 4 N–H and O–H groups in total. The van der Waals surface area contributed by atoms with Gasteiger partial charge in [-0.15, -0.1) is 0 Å². The van der Waals surface area contributed by atoms with E-state index in [1.807, 2.05) is 12.1 Å². The maximum Gasteiger partial charge on any atom is 0.0367 e. The summed E-state index contributed by atoms with van der Waals surface area (Å²) in [6.07, 6.45) is 16.4. The molecule has 0 aromatic heterocycles. The minimum atomic E-state index is 0.731. The predicted molar refractivity (Wildman–Crippen MR) is 144 cm³/mol. The summed E-state index contributed by atoms with van der Waals surface area (Å²) in [5.74, 6) is 2.78. The van der Waals surface area contributed by atoms with Crippen LogP contribution >= 0.6 is 0 Å². The second-order valence-electron chi connectivity index (χ2n) is 9.36. The molecule has 0 amide bonds. The van der Waals surface area contributed by atoms with E-state index in [0.29, 0.717) is 0 Å². The van der Waals surface area contributed by atoms with Gasteiger partial charge in [-0.05, 0) is 85.1 Å². The van der Waals surface area contributed by atoms with Crippen molar-refractivity contribution in [2.24, 2.45) is 11.8 Å². The molecule has 1 aliphatic carbocycles. The molecule has 0 aliphatic heterocycles. The largest absolute Gasteiger partial charge is 0.399 e. The maximum atomic E-state index is 5.65. The first-order chi connectivity index (χ1) is 15.5. The van der Waals surface area contributed by atoms with Crippen LogP contribution in [0.15, 0.2) is 48.5 Å². The van der Waals surface area contributed by atoms with E-state index in [0.717, 1.165) is 47.5 Å². The molecule has 0 heterocycles. The lowest BCUT2D eigenvalue weighted by Gasteiger charge is -2.33. The Labute approximate surface area is 197 Å². The van der Waals surface area contributed by atoms with E-state index in [2.05, 4.69) is 64.1 Å². The van der Waals surface area contributed by atoms with Crippen LogP contribution in [0, 0.1) is 11.8 Å². The minimum absolute atomic E-state index is 0.731. The van der Waals surface area contributed by atoms with E-state index in [1.54, 1.807) is 11.6 Å². The Bertz CT molecular complexity index is 798. The number of benzene rings is 2. The highest BCUT2D eigenvalue weighted by molar-refractivity contribution is 5.56. The van der Waals surface area contributed by atoms with Gasteiger partial charge in [-0.2, -0.15) is 0 Å². The summed E-state index contributed by atoms with van der Waals surface area (Å²) in [7, 11) is 0. The highest BCUT2D eigenvalue weighted by Gasteiger charge is 2.26. The van der Waals surface area contributed by atoms with E-state index in [-0.39, 0.29) is 0 Å². The molecule has 1 saturated carbocycles. The van der Waals surface area contributed by atoms with Crippen LogP contribution in [-0.4, -0.2) is 0 Å². The SMILES string of the molecule is CC/C=C/c1ccc(C2CCC(C(CC)CCC)CC2)cc1.CCc1ccc(N)cc1N. The lowest BCUT2D eigenvalue weighted by Crippen LogP contribution is -2.20. The fourth-order valence-corrected chi connectivity index (χ4v) is 5.14. The van der Waals surface area contributed by atoms with Gasteiger partial charge >= 0.3 is 0 Å². The first-order valence-electron chi connectivity index (χ1n) is 12.9. The monoisotopic (exact) mass is 434 g/mol. The summed E-state index contributed by atoms with van der Waals surface area (Å²) in [5.41, 5.74) is 16.7. The van der Waals surface area contributed by atoms with Crippen molar-refractivity contribution in [2.45, 2.75) is 91.4 Å². The Morgan fingerprint density at radius 2 is 1.59 bits per heavy atom. The van der Waals surface area contributed by atoms with Gasteiger partial charge in [0.15, 0.2) is 0 Å². The minimum Gasteiger partial charge on any atom is -0.399 e. The molecule has 0 spiro atoms.